The molecule has 0 radical (unpaired) electrons. The van der Waals surface area contributed by atoms with Crippen LogP contribution < -0.4 is 11.1 Å². The van der Waals surface area contributed by atoms with Crippen LogP contribution in [0.3, 0.4) is 0 Å². The van der Waals surface area contributed by atoms with Gasteiger partial charge in [0.2, 0.25) is 5.91 Å². The monoisotopic (exact) mass is 182 g/mol. The Hall–Kier alpha value is -0.750. The van der Waals surface area contributed by atoms with Gasteiger partial charge in [0.1, 0.15) is 6.61 Å². The maximum atomic E-state index is 11.5. The van der Waals surface area contributed by atoms with E-state index in [9.17, 15) is 13.6 Å². The zero-order valence-electron chi connectivity index (χ0n) is 6.56. The summed E-state index contributed by atoms with van der Waals surface area (Å²) in [5, 5.41) is 1.99. The third-order valence-corrected chi connectivity index (χ3v) is 0.949. The van der Waals surface area contributed by atoms with Crippen molar-refractivity contribution >= 4 is 5.91 Å². The minimum absolute atomic E-state index is 0.218. The van der Waals surface area contributed by atoms with Crippen LogP contribution in [0.4, 0.5) is 8.78 Å². The number of hydrogen-bond acceptors (Lipinski definition) is 3. The van der Waals surface area contributed by atoms with Crippen molar-refractivity contribution in [3.05, 3.63) is 0 Å². The van der Waals surface area contributed by atoms with Crippen LogP contribution in [0.25, 0.3) is 0 Å². The van der Waals surface area contributed by atoms with Gasteiger partial charge in [-0.05, 0) is 0 Å². The van der Waals surface area contributed by atoms with Crippen molar-refractivity contribution in [3.63, 3.8) is 0 Å². The first kappa shape index (κ1) is 11.2. The average molecular weight is 182 g/mol. The van der Waals surface area contributed by atoms with E-state index in [0.29, 0.717) is 6.54 Å². The molecule has 0 saturated heterocycles. The minimum Gasteiger partial charge on any atom is -0.370 e. The van der Waals surface area contributed by atoms with Gasteiger partial charge in [0.25, 0.3) is 6.43 Å². The third kappa shape index (κ3) is 7.36. The molecule has 3 N–H and O–H groups in total. The lowest BCUT2D eigenvalue weighted by molar-refractivity contribution is -0.126. The summed E-state index contributed by atoms with van der Waals surface area (Å²) < 4.78 is 27.7. The molecule has 0 aromatic carbocycles. The molecule has 0 atom stereocenters. The Balaban J connectivity index is 3.22. The van der Waals surface area contributed by atoms with Crippen molar-refractivity contribution in [2.45, 2.75) is 6.43 Å². The van der Waals surface area contributed by atoms with E-state index < -0.39 is 18.9 Å². The van der Waals surface area contributed by atoms with E-state index in [1.165, 1.54) is 0 Å². The average Bonchev–Trinajstić information content (AvgIpc) is 2.01. The highest BCUT2D eigenvalue weighted by Gasteiger charge is 2.05. The van der Waals surface area contributed by atoms with Crippen molar-refractivity contribution in [1.82, 2.24) is 5.32 Å². The first-order valence-electron chi connectivity index (χ1n) is 3.49. The predicted octanol–water partition coefficient (Wildman–Crippen LogP) is -0.657. The van der Waals surface area contributed by atoms with Gasteiger partial charge in [0.05, 0.1) is 13.2 Å². The highest BCUT2D eigenvalue weighted by molar-refractivity contribution is 5.77. The van der Waals surface area contributed by atoms with E-state index in [0.717, 1.165) is 0 Å². The first-order chi connectivity index (χ1) is 5.66. The highest BCUT2D eigenvalue weighted by Crippen LogP contribution is 1.87. The van der Waals surface area contributed by atoms with Gasteiger partial charge in [0, 0.05) is 6.54 Å². The molecular weight excluding hydrogens is 170 g/mol. The van der Waals surface area contributed by atoms with Crippen LogP contribution in [0.5, 0.6) is 0 Å². The quantitative estimate of drug-likeness (QED) is 0.536. The maximum absolute atomic E-state index is 11.5. The van der Waals surface area contributed by atoms with Crippen LogP contribution in [-0.2, 0) is 9.53 Å². The zero-order valence-corrected chi connectivity index (χ0v) is 6.56. The standard InChI is InChI=1S/C6H12F2N2O2/c7-5(8)3-10-6(11)4-12-2-1-9/h5H,1-4,9H2,(H,10,11). The molecule has 1 amide bonds. The first-order valence-corrected chi connectivity index (χ1v) is 3.49. The van der Waals surface area contributed by atoms with Crippen LogP contribution in [0.2, 0.25) is 0 Å². The highest BCUT2D eigenvalue weighted by atomic mass is 19.3. The molecule has 0 unspecified atom stereocenters. The lowest BCUT2D eigenvalue weighted by Gasteiger charge is -2.04. The second-order valence-corrected chi connectivity index (χ2v) is 2.04. The van der Waals surface area contributed by atoms with Crippen LogP contribution in [0.1, 0.15) is 0 Å². The van der Waals surface area contributed by atoms with Gasteiger partial charge in [-0.1, -0.05) is 0 Å². The number of carbonyl (C=O) groups excluding carboxylic acids is 1. The molecule has 0 bridgehead atoms. The number of rotatable bonds is 6. The Bertz CT molecular complexity index is 133. The molecular formula is C6H12F2N2O2. The van der Waals surface area contributed by atoms with Gasteiger partial charge in [-0.2, -0.15) is 0 Å². The molecule has 0 rings (SSSR count). The topological polar surface area (TPSA) is 64.3 Å². The molecule has 6 heteroatoms. The van der Waals surface area contributed by atoms with Crippen molar-refractivity contribution in [3.8, 4) is 0 Å². The Morgan fingerprint density at radius 3 is 2.75 bits per heavy atom. The molecule has 4 nitrogen and oxygen atoms in total. The van der Waals surface area contributed by atoms with E-state index in [2.05, 4.69) is 0 Å². The number of halogens is 2. The summed E-state index contributed by atoms with van der Waals surface area (Å²) in [5.41, 5.74) is 5.06. The summed E-state index contributed by atoms with van der Waals surface area (Å²) in [7, 11) is 0. The summed E-state index contributed by atoms with van der Waals surface area (Å²) in [6.45, 7) is -0.293. The van der Waals surface area contributed by atoms with Crippen molar-refractivity contribution in [2.75, 3.05) is 26.3 Å². The van der Waals surface area contributed by atoms with Crippen molar-refractivity contribution < 1.29 is 18.3 Å². The number of nitrogens with one attached hydrogen (secondary N) is 1. The van der Waals surface area contributed by atoms with Gasteiger partial charge in [-0.25, -0.2) is 8.78 Å². The van der Waals surface area contributed by atoms with Crippen molar-refractivity contribution in [2.24, 2.45) is 5.73 Å². The fourth-order valence-electron chi connectivity index (χ4n) is 0.490. The molecule has 0 aliphatic rings. The molecule has 0 aliphatic heterocycles. The van der Waals surface area contributed by atoms with E-state index >= 15 is 0 Å². The summed E-state index contributed by atoms with van der Waals surface area (Å²) in [4.78, 5) is 10.6. The van der Waals surface area contributed by atoms with E-state index in [4.69, 9.17) is 10.5 Å². The van der Waals surface area contributed by atoms with Crippen LogP contribution in [-0.4, -0.2) is 38.6 Å². The Labute approximate surface area is 69.1 Å². The van der Waals surface area contributed by atoms with Gasteiger partial charge in [-0.15, -0.1) is 0 Å². The fourth-order valence-corrected chi connectivity index (χ4v) is 0.490. The fraction of sp³-hybridized carbons (Fsp3) is 0.833. The molecule has 0 aromatic heterocycles. The van der Waals surface area contributed by atoms with Gasteiger partial charge >= 0.3 is 0 Å². The lowest BCUT2D eigenvalue weighted by atomic mass is 10.6. The smallest absolute Gasteiger partial charge is 0.255 e. The second kappa shape index (κ2) is 6.93. The second-order valence-electron chi connectivity index (χ2n) is 2.04. The maximum Gasteiger partial charge on any atom is 0.255 e. The number of alkyl halides is 2. The molecule has 0 heterocycles. The van der Waals surface area contributed by atoms with Crippen molar-refractivity contribution in [1.29, 1.82) is 0 Å². The molecule has 0 spiro atoms. The Morgan fingerprint density at radius 2 is 2.25 bits per heavy atom. The van der Waals surface area contributed by atoms with Crippen LogP contribution >= 0.6 is 0 Å². The van der Waals surface area contributed by atoms with Gasteiger partial charge in [-0.3, -0.25) is 4.79 Å². The van der Waals surface area contributed by atoms with E-state index in [-0.39, 0.29) is 13.2 Å². The van der Waals surface area contributed by atoms with E-state index in [1.54, 1.807) is 0 Å². The molecule has 0 saturated carbocycles. The SMILES string of the molecule is NCCOCC(=O)NCC(F)F. The van der Waals surface area contributed by atoms with E-state index in [1.807, 2.05) is 5.32 Å². The molecule has 0 fully saturated rings. The summed E-state index contributed by atoms with van der Waals surface area (Å²) >= 11 is 0. The Morgan fingerprint density at radius 1 is 1.58 bits per heavy atom. The molecule has 12 heavy (non-hydrogen) atoms. The predicted molar refractivity (Wildman–Crippen MR) is 38.9 cm³/mol. The normalized spacial score (nSPS) is 10.3. The molecule has 72 valence electrons. The van der Waals surface area contributed by atoms with Gasteiger partial charge in [0.15, 0.2) is 0 Å². The molecule has 0 aromatic rings. The number of ether oxygens (including phenoxy) is 1. The number of amides is 1. The summed E-state index contributed by atoms with van der Waals surface area (Å²) in [6.07, 6.45) is -2.52. The summed E-state index contributed by atoms with van der Waals surface area (Å²) in [6, 6.07) is 0. The van der Waals surface area contributed by atoms with Gasteiger partial charge < -0.3 is 15.8 Å². The van der Waals surface area contributed by atoms with Crippen LogP contribution in [0, 0.1) is 0 Å². The number of hydrogen-bond donors (Lipinski definition) is 2. The van der Waals surface area contributed by atoms with Crippen LogP contribution in [0.15, 0.2) is 0 Å². The number of carbonyl (C=O) groups is 1. The third-order valence-electron chi connectivity index (χ3n) is 0.949. The zero-order chi connectivity index (χ0) is 9.40. The lowest BCUT2D eigenvalue weighted by Crippen LogP contribution is -2.32. The number of nitrogens with two attached hydrogens (primary N) is 1. The molecule has 0 aliphatic carbocycles. The largest absolute Gasteiger partial charge is 0.370 e. The minimum atomic E-state index is -2.52. The summed E-state index contributed by atoms with van der Waals surface area (Å²) in [5.74, 6) is -0.552. The Kier molecular flexibility index (Phi) is 6.50.